The Morgan fingerprint density at radius 3 is 2.75 bits per heavy atom. The van der Waals surface area contributed by atoms with Gasteiger partial charge in [-0.25, -0.2) is 0 Å². The third-order valence-electron chi connectivity index (χ3n) is 0.969. The number of aldehydes is 1. The van der Waals surface area contributed by atoms with E-state index < -0.39 is 0 Å². The van der Waals surface area contributed by atoms with Gasteiger partial charge in [0.25, 0.3) is 0 Å². The van der Waals surface area contributed by atoms with Crippen LogP contribution in [-0.2, 0) is 4.79 Å². The number of carbonyl (C=O) groups is 1. The molecule has 0 aromatic carbocycles. The number of rotatable bonds is 1. The molecule has 0 aliphatic carbocycles. The number of hydrogen-bond donors (Lipinski definition) is 0. The highest BCUT2D eigenvalue weighted by atomic mass is 79.9. The molecule has 0 saturated heterocycles. The van der Waals surface area contributed by atoms with Crippen LogP contribution in [0.1, 0.15) is 0 Å². The summed E-state index contributed by atoms with van der Waals surface area (Å²) in [6.07, 6.45) is 2.85. The molecule has 0 spiro atoms. The molecule has 0 saturated carbocycles. The molecule has 0 unspecified atom stereocenters. The molecular weight excluding hydrogens is 188 g/mol. The fraction of sp³-hybridized carbons (Fsp3) is 0.400. The third kappa shape index (κ3) is 1.14. The molecule has 0 N–H and O–H groups in total. The smallest absolute Gasteiger partial charge is 0.128 e. The van der Waals surface area contributed by atoms with Crippen LogP contribution < -0.4 is 0 Å². The first kappa shape index (κ1) is 6.36. The van der Waals surface area contributed by atoms with E-state index in [1.807, 2.05) is 11.5 Å². The molecule has 8 heavy (non-hydrogen) atoms. The van der Waals surface area contributed by atoms with Gasteiger partial charge in [0.05, 0.1) is 10.1 Å². The van der Waals surface area contributed by atoms with E-state index in [0.717, 1.165) is 6.29 Å². The zero-order valence-corrected chi connectivity index (χ0v) is 6.48. The van der Waals surface area contributed by atoms with Crippen LogP contribution in [0.2, 0.25) is 0 Å². The Kier molecular flexibility index (Phi) is 2.14. The summed E-state index contributed by atoms with van der Waals surface area (Å²) in [6, 6.07) is 0. The van der Waals surface area contributed by atoms with Crippen molar-refractivity contribution in [1.29, 1.82) is 0 Å². The van der Waals surface area contributed by atoms with Crippen LogP contribution in [0, 0.1) is 5.92 Å². The van der Waals surface area contributed by atoms with E-state index in [4.69, 9.17) is 0 Å². The molecule has 1 aliphatic heterocycles. The number of alkyl halides is 1. The summed E-state index contributed by atoms with van der Waals surface area (Å²) in [5, 5.41) is 1.94. The number of thioether (sulfide) groups is 1. The van der Waals surface area contributed by atoms with E-state index in [-0.39, 0.29) is 10.1 Å². The topological polar surface area (TPSA) is 17.1 Å². The summed E-state index contributed by atoms with van der Waals surface area (Å²) in [6.45, 7) is 0. The molecule has 1 rings (SSSR count). The van der Waals surface area contributed by atoms with Crippen LogP contribution in [-0.4, -0.2) is 10.4 Å². The Hall–Kier alpha value is 0.240. The van der Waals surface area contributed by atoms with Crippen LogP contribution in [0.3, 0.4) is 0 Å². The Labute approximate surface area is 60.7 Å². The normalized spacial score (nSPS) is 35.6. The molecule has 2 atom stereocenters. The minimum Gasteiger partial charge on any atom is -0.303 e. The van der Waals surface area contributed by atoms with Crippen molar-refractivity contribution in [3.05, 3.63) is 11.5 Å². The number of allylic oxidation sites excluding steroid dienone is 1. The van der Waals surface area contributed by atoms with Crippen molar-refractivity contribution in [1.82, 2.24) is 0 Å². The van der Waals surface area contributed by atoms with Gasteiger partial charge in [-0.3, -0.25) is 0 Å². The molecule has 44 valence electrons. The predicted molar refractivity (Wildman–Crippen MR) is 39.0 cm³/mol. The Morgan fingerprint density at radius 1 is 1.75 bits per heavy atom. The lowest BCUT2D eigenvalue weighted by Crippen LogP contribution is -2.03. The molecule has 3 heteroatoms. The molecule has 1 heterocycles. The van der Waals surface area contributed by atoms with E-state index in [1.54, 1.807) is 11.8 Å². The van der Waals surface area contributed by atoms with Gasteiger partial charge in [-0.05, 0) is 5.41 Å². The van der Waals surface area contributed by atoms with E-state index >= 15 is 0 Å². The minimum absolute atomic E-state index is 0.0833. The van der Waals surface area contributed by atoms with Crippen molar-refractivity contribution in [3.8, 4) is 0 Å². The van der Waals surface area contributed by atoms with Gasteiger partial charge in [0.15, 0.2) is 0 Å². The lowest BCUT2D eigenvalue weighted by Gasteiger charge is -2.00. The number of carbonyl (C=O) groups excluding carboxylic acids is 1. The summed E-state index contributed by atoms with van der Waals surface area (Å²) in [5.41, 5.74) is 0. The first-order chi connectivity index (χ1) is 3.84. The number of hydrogen-bond acceptors (Lipinski definition) is 2. The van der Waals surface area contributed by atoms with Crippen molar-refractivity contribution in [3.63, 3.8) is 0 Å². The minimum atomic E-state index is 0.0833. The zero-order valence-electron chi connectivity index (χ0n) is 4.08. The van der Waals surface area contributed by atoms with Gasteiger partial charge >= 0.3 is 0 Å². The highest BCUT2D eigenvalue weighted by Crippen LogP contribution is 2.32. The van der Waals surface area contributed by atoms with Gasteiger partial charge < -0.3 is 4.79 Å². The van der Waals surface area contributed by atoms with Gasteiger partial charge in [0, 0.05) is 0 Å². The van der Waals surface area contributed by atoms with Crippen LogP contribution in [0.5, 0.6) is 0 Å². The van der Waals surface area contributed by atoms with E-state index in [2.05, 4.69) is 15.9 Å². The second kappa shape index (κ2) is 2.69. The maximum absolute atomic E-state index is 10.1. The molecule has 0 fully saturated rings. The van der Waals surface area contributed by atoms with E-state index in [9.17, 15) is 4.79 Å². The SMILES string of the molecule is O=C[C@@H]1C=CS[C@@H]1Br. The molecule has 0 aromatic rings. The maximum Gasteiger partial charge on any atom is 0.128 e. The van der Waals surface area contributed by atoms with Crippen molar-refractivity contribution < 1.29 is 4.79 Å². The average molecular weight is 193 g/mol. The first-order valence-corrected chi connectivity index (χ1v) is 4.12. The molecule has 1 nitrogen and oxygen atoms in total. The van der Waals surface area contributed by atoms with E-state index in [1.165, 1.54) is 0 Å². The van der Waals surface area contributed by atoms with Gasteiger partial charge in [0.2, 0.25) is 0 Å². The quantitative estimate of drug-likeness (QED) is 0.466. The number of halogens is 1. The molecule has 0 aromatic heterocycles. The predicted octanol–water partition coefficient (Wildman–Crippen LogP) is 1.78. The van der Waals surface area contributed by atoms with E-state index in [0.29, 0.717) is 0 Å². The Morgan fingerprint density at radius 2 is 2.50 bits per heavy atom. The van der Waals surface area contributed by atoms with Crippen molar-refractivity contribution in [2.45, 2.75) is 4.16 Å². The second-order valence-electron chi connectivity index (χ2n) is 1.53. The fourth-order valence-corrected chi connectivity index (χ4v) is 1.93. The first-order valence-electron chi connectivity index (χ1n) is 2.26. The van der Waals surface area contributed by atoms with Gasteiger partial charge in [-0.1, -0.05) is 22.0 Å². The van der Waals surface area contributed by atoms with Crippen molar-refractivity contribution >= 4 is 34.0 Å². The highest BCUT2D eigenvalue weighted by molar-refractivity contribution is 9.11. The summed E-state index contributed by atoms with van der Waals surface area (Å²) in [5.74, 6) is 0.0833. The lowest BCUT2D eigenvalue weighted by atomic mass is 10.2. The largest absolute Gasteiger partial charge is 0.303 e. The highest BCUT2D eigenvalue weighted by Gasteiger charge is 2.18. The van der Waals surface area contributed by atoms with Crippen molar-refractivity contribution in [2.24, 2.45) is 5.92 Å². The molecule has 0 amide bonds. The summed E-state index contributed by atoms with van der Waals surface area (Å²) in [7, 11) is 0. The summed E-state index contributed by atoms with van der Waals surface area (Å²) in [4.78, 5) is 10.1. The fourth-order valence-electron chi connectivity index (χ4n) is 0.496. The van der Waals surface area contributed by atoms with Gasteiger partial charge in [0.1, 0.15) is 6.29 Å². The Balaban J connectivity index is 2.52. The summed E-state index contributed by atoms with van der Waals surface area (Å²) >= 11 is 4.97. The second-order valence-corrected chi connectivity index (χ2v) is 4.17. The van der Waals surface area contributed by atoms with Crippen LogP contribution >= 0.6 is 27.7 Å². The van der Waals surface area contributed by atoms with Crippen LogP contribution in [0.25, 0.3) is 0 Å². The van der Waals surface area contributed by atoms with Crippen LogP contribution in [0.4, 0.5) is 0 Å². The lowest BCUT2D eigenvalue weighted by molar-refractivity contribution is -0.109. The van der Waals surface area contributed by atoms with Crippen molar-refractivity contribution in [2.75, 3.05) is 0 Å². The molecule has 0 radical (unpaired) electrons. The average Bonchev–Trinajstić information content (AvgIpc) is 2.14. The third-order valence-corrected chi connectivity index (χ3v) is 3.12. The summed E-state index contributed by atoms with van der Waals surface area (Å²) < 4.78 is 0.278. The Bertz CT molecular complexity index is 124. The van der Waals surface area contributed by atoms with Gasteiger partial charge in [-0.15, -0.1) is 11.8 Å². The molecule has 0 bridgehead atoms. The van der Waals surface area contributed by atoms with Gasteiger partial charge in [-0.2, -0.15) is 0 Å². The maximum atomic E-state index is 10.1. The standard InChI is InChI=1S/C5H5BrOS/c6-5-4(3-7)1-2-8-5/h1-5H/t4-,5-/m0/s1. The monoisotopic (exact) mass is 192 g/mol. The molecule has 1 aliphatic rings. The molecular formula is C5H5BrOS. The zero-order chi connectivity index (χ0) is 5.98. The van der Waals surface area contributed by atoms with Crippen LogP contribution in [0.15, 0.2) is 11.5 Å².